The molecule has 1 fully saturated rings. The van der Waals surface area contributed by atoms with Crippen LogP contribution in [-0.2, 0) is 10.9 Å². The van der Waals surface area contributed by atoms with Crippen LogP contribution in [0.25, 0.3) is 0 Å². The van der Waals surface area contributed by atoms with Crippen molar-refractivity contribution in [3.05, 3.63) is 35.4 Å². The fraction of sp³-hybridized carbons (Fsp3) is 0.600. The lowest BCUT2D eigenvalue weighted by atomic mass is 10.0. The van der Waals surface area contributed by atoms with E-state index in [-0.39, 0.29) is 6.04 Å². The summed E-state index contributed by atoms with van der Waals surface area (Å²) in [6.45, 7) is 3.85. The number of likely N-dealkylation sites (N-methyl/N-ethyl adjacent to an activating group) is 1. The zero-order chi connectivity index (χ0) is 15.3. The summed E-state index contributed by atoms with van der Waals surface area (Å²) in [5, 5.41) is 3.11. The van der Waals surface area contributed by atoms with Crippen molar-refractivity contribution in [1.82, 2.24) is 10.2 Å². The Hall–Kier alpha value is -1.11. The summed E-state index contributed by atoms with van der Waals surface area (Å²) in [7, 11) is 1.78. The monoisotopic (exact) mass is 302 g/mol. The summed E-state index contributed by atoms with van der Waals surface area (Å²) in [5.41, 5.74) is 0.0666. The number of rotatable bonds is 4. The second-order valence-corrected chi connectivity index (χ2v) is 5.23. The van der Waals surface area contributed by atoms with E-state index in [0.717, 1.165) is 32.2 Å². The molecule has 118 valence electrons. The van der Waals surface area contributed by atoms with E-state index >= 15 is 0 Å². The summed E-state index contributed by atoms with van der Waals surface area (Å²) in [6.07, 6.45) is -3.34. The third kappa shape index (κ3) is 4.69. The molecule has 0 amide bonds. The molecule has 1 aromatic carbocycles. The molecule has 1 unspecified atom stereocenters. The van der Waals surface area contributed by atoms with Crippen molar-refractivity contribution in [2.75, 3.05) is 39.9 Å². The number of hydrogen-bond donors (Lipinski definition) is 1. The molecule has 6 heteroatoms. The second-order valence-electron chi connectivity index (χ2n) is 5.23. The Morgan fingerprint density at radius 3 is 2.81 bits per heavy atom. The molecule has 1 N–H and O–H groups in total. The summed E-state index contributed by atoms with van der Waals surface area (Å²) in [6, 6.07) is 5.43. The van der Waals surface area contributed by atoms with Crippen molar-refractivity contribution in [3.8, 4) is 0 Å². The van der Waals surface area contributed by atoms with Crippen LogP contribution in [0.1, 0.15) is 23.6 Å². The van der Waals surface area contributed by atoms with Crippen LogP contribution in [0.15, 0.2) is 24.3 Å². The van der Waals surface area contributed by atoms with Crippen molar-refractivity contribution in [3.63, 3.8) is 0 Å². The average molecular weight is 302 g/mol. The third-order valence-corrected chi connectivity index (χ3v) is 3.72. The van der Waals surface area contributed by atoms with Crippen LogP contribution in [0.2, 0.25) is 0 Å². The fourth-order valence-corrected chi connectivity index (χ4v) is 2.53. The molecule has 1 aliphatic heterocycles. The van der Waals surface area contributed by atoms with Gasteiger partial charge in [0.1, 0.15) is 0 Å². The zero-order valence-corrected chi connectivity index (χ0v) is 12.1. The molecule has 0 radical (unpaired) electrons. The van der Waals surface area contributed by atoms with E-state index < -0.39 is 11.7 Å². The minimum atomic E-state index is -4.30. The topological polar surface area (TPSA) is 24.5 Å². The highest BCUT2D eigenvalue weighted by molar-refractivity contribution is 5.28. The van der Waals surface area contributed by atoms with E-state index in [4.69, 9.17) is 4.74 Å². The highest BCUT2D eigenvalue weighted by atomic mass is 19.4. The van der Waals surface area contributed by atoms with Gasteiger partial charge in [0.25, 0.3) is 0 Å². The summed E-state index contributed by atoms with van der Waals surface area (Å²) < 4.78 is 43.8. The largest absolute Gasteiger partial charge is 0.416 e. The minimum absolute atomic E-state index is 0.120. The second kappa shape index (κ2) is 7.24. The number of ether oxygens (including phenoxy) is 1. The smallest absolute Gasteiger partial charge is 0.380 e. The van der Waals surface area contributed by atoms with Gasteiger partial charge in [-0.15, -0.1) is 0 Å². The lowest BCUT2D eigenvalue weighted by Gasteiger charge is -2.26. The Balaban J connectivity index is 2.09. The molecule has 0 bridgehead atoms. The van der Waals surface area contributed by atoms with E-state index in [1.54, 1.807) is 13.1 Å². The Bertz CT molecular complexity index is 443. The van der Waals surface area contributed by atoms with Gasteiger partial charge < -0.3 is 10.1 Å². The highest BCUT2D eigenvalue weighted by Gasteiger charge is 2.31. The third-order valence-electron chi connectivity index (χ3n) is 3.72. The molecule has 0 spiro atoms. The van der Waals surface area contributed by atoms with E-state index in [9.17, 15) is 13.2 Å². The Labute approximate surface area is 123 Å². The van der Waals surface area contributed by atoms with Gasteiger partial charge in [0.05, 0.1) is 12.2 Å². The first-order valence-electron chi connectivity index (χ1n) is 7.15. The molecular formula is C15H21F3N2O. The number of alkyl halides is 3. The summed E-state index contributed by atoms with van der Waals surface area (Å²) in [4.78, 5) is 2.23. The van der Waals surface area contributed by atoms with Crippen LogP contribution in [0, 0.1) is 0 Å². The van der Waals surface area contributed by atoms with Crippen LogP contribution in [0.3, 0.4) is 0 Å². The molecule has 2 rings (SSSR count). The molecule has 1 heterocycles. The van der Waals surface area contributed by atoms with Crippen molar-refractivity contribution in [2.24, 2.45) is 0 Å². The number of halogens is 3. The van der Waals surface area contributed by atoms with E-state index in [1.807, 2.05) is 0 Å². The zero-order valence-electron chi connectivity index (χ0n) is 12.1. The molecule has 0 aromatic heterocycles. The first kappa shape index (κ1) is 16.3. The van der Waals surface area contributed by atoms with Crippen LogP contribution < -0.4 is 5.32 Å². The summed E-state index contributed by atoms with van der Waals surface area (Å²) in [5.74, 6) is 0. The summed E-state index contributed by atoms with van der Waals surface area (Å²) >= 11 is 0. The Kier molecular flexibility index (Phi) is 5.61. The van der Waals surface area contributed by atoms with Crippen molar-refractivity contribution >= 4 is 0 Å². The Morgan fingerprint density at radius 2 is 2.10 bits per heavy atom. The van der Waals surface area contributed by atoms with E-state index in [2.05, 4.69) is 10.2 Å². The van der Waals surface area contributed by atoms with Gasteiger partial charge in [0, 0.05) is 32.3 Å². The van der Waals surface area contributed by atoms with Crippen LogP contribution in [0.5, 0.6) is 0 Å². The first-order valence-corrected chi connectivity index (χ1v) is 7.15. The molecular weight excluding hydrogens is 281 g/mol. The van der Waals surface area contributed by atoms with E-state index in [1.165, 1.54) is 12.1 Å². The standard InChI is InChI=1S/C15H21F3N2O/c1-19-14(11-20-6-3-8-21-9-7-20)12-4-2-5-13(10-12)15(16,17)18/h2,4-5,10,14,19H,3,6-9,11H2,1H3. The normalized spacial score (nSPS) is 19.2. The molecule has 1 atom stereocenters. The van der Waals surface area contributed by atoms with Crippen LogP contribution in [0.4, 0.5) is 13.2 Å². The fourth-order valence-electron chi connectivity index (χ4n) is 2.53. The quantitative estimate of drug-likeness (QED) is 0.925. The maximum Gasteiger partial charge on any atom is 0.416 e. The molecule has 1 aromatic rings. The number of benzene rings is 1. The van der Waals surface area contributed by atoms with Gasteiger partial charge in [-0.05, 0) is 31.2 Å². The average Bonchev–Trinajstić information content (AvgIpc) is 2.72. The Morgan fingerprint density at radius 1 is 1.29 bits per heavy atom. The predicted molar refractivity (Wildman–Crippen MR) is 75.1 cm³/mol. The number of nitrogens with one attached hydrogen (secondary N) is 1. The number of nitrogens with zero attached hydrogens (tertiary/aromatic N) is 1. The molecule has 1 aliphatic rings. The van der Waals surface area contributed by atoms with E-state index in [0.29, 0.717) is 18.7 Å². The van der Waals surface area contributed by atoms with Gasteiger partial charge in [-0.25, -0.2) is 0 Å². The maximum atomic E-state index is 12.8. The van der Waals surface area contributed by atoms with Gasteiger partial charge >= 0.3 is 6.18 Å². The van der Waals surface area contributed by atoms with Gasteiger partial charge in [-0.2, -0.15) is 13.2 Å². The molecule has 21 heavy (non-hydrogen) atoms. The van der Waals surface area contributed by atoms with Crippen molar-refractivity contribution < 1.29 is 17.9 Å². The molecule has 0 saturated carbocycles. The molecule has 3 nitrogen and oxygen atoms in total. The van der Waals surface area contributed by atoms with Gasteiger partial charge in [0.15, 0.2) is 0 Å². The first-order chi connectivity index (χ1) is 10.0. The lowest BCUT2D eigenvalue weighted by Crippen LogP contribution is -2.35. The highest BCUT2D eigenvalue weighted by Crippen LogP contribution is 2.30. The molecule has 1 saturated heterocycles. The maximum absolute atomic E-state index is 12.8. The van der Waals surface area contributed by atoms with Crippen LogP contribution in [-0.4, -0.2) is 44.8 Å². The minimum Gasteiger partial charge on any atom is -0.380 e. The number of hydrogen-bond acceptors (Lipinski definition) is 3. The van der Waals surface area contributed by atoms with Crippen molar-refractivity contribution in [1.29, 1.82) is 0 Å². The molecule has 0 aliphatic carbocycles. The van der Waals surface area contributed by atoms with Gasteiger partial charge in [-0.3, -0.25) is 4.90 Å². The lowest BCUT2D eigenvalue weighted by molar-refractivity contribution is -0.137. The SMILES string of the molecule is CNC(CN1CCCOCC1)c1cccc(C(F)(F)F)c1. The predicted octanol–water partition coefficient (Wildman–Crippen LogP) is 2.69. The van der Waals surface area contributed by atoms with Crippen molar-refractivity contribution in [2.45, 2.75) is 18.6 Å². The van der Waals surface area contributed by atoms with Gasteiger partial charge in [0.2, 0.25) is 0 Å². The van der Waals surface area contributed by atoms with Gasteiger partial charge in [-0.1, -0.05) is 12.1 Å². The van der Waals surface area contributed by atoms with Crippen LogP contribution >= 0.6 is 0 Å².